The number of pyridine rings is 1. The van der Waals surface area contributed by atoms with Crippen LogP contribution in [-0.2, 0) is 13.2 Å². The van der Waals surface area contributed by atoms with Crippen LogP contribution in [0, 0.1) is 0 Å². The van der Waals surface area contributed by atoms with E-state index in [1.54, 1.807) is 0 Å². The lowest BCUT2D eigenvalue weighted by molar-refractivity contribution is -0.153. The van der Waals surface area contributed by atoms with Crippen LogP contribution >= 0.6 is 0 Å². The number of alkyl halides is 6. The zero-order chi connectivity index (χ0) is 19.1. The summed E-state index contributed by atoms with van der Waals surface area (Å²) in [5.74, 6) is -0.314. The van der Waals surface area contributed by atoms with E-state index in [1.807, 2.05) is 0 Å². The number of hydrogen-bond acceptors (Lipinski definition) is 5. The Hall–Kier alpha value is -2.92. The number of aryl methyl sites for hydroxylation is 1. The van der Waals surface area contributed by atoms with Crippen LogP contribution in [0.2, 0.25) is 0 Å². The van der Waals surface area contributed by atoms with Gasteiger partial charge in [0.25, 0.3) is 0 Å². The van der Waals surface area contributed by atoms with Gasteiger partial charge < -0.3 is 9.30 Å². The monoisotopic (exact) mass is 377 g/mol. The molecule has 0 radical (unpaired) electrons. The molecule has 12 heteroatoms. The van der Waals surface area contributed by atoms with E-state index in [2.05, 4.69) is 24.7 Å². The Morgan fingerprint density at radius 3 is 2.46 bits per heavy atom. The summed E-state index contributed by atoms with van der Waals surface area (Å²) >= 11 is 0. The number of aromatic nitrogens is 5. The molecule has 3 aromatic heterocycles. The first-order valence-electron chi connectivity index (χ1n) is 6.96. The van der Waals surface area contributed by atoms with Crippen LogP contribution in [0.5, 0.6) is 5.75 Å². The maximum absolute atomic E-state index is 12.8. The maximum atomic E-state index is 12.8. The normalized spacial score (nSPS) is 12.6. The minimum Gasteiger partial charge on any atom is -0.480 e. The third kappa shape index (κ3) is 3.53. The van der Waals surface area contributed by atoms with Gasteiger partial charge in [-0.15, -0.1) is 0 Å². The first-order chi connectivity index (χ1) is 12.1. The van der Waals surface area contributed by atoms with Gasteiger partial charge in [0.2, 0.25) is 0 Å². The highest BCUT2D eigenvalue weighted by Crippen LogP contribution is 2.33. The van der Waals surface area contributed by atoms with Crippen molar-refractivity contribution in [1.82, 2.24) is 24.5 Å². The Bertz CT molecular complexity index is 949. The van der Waals surface area contributed by atoms with Crippen molar-refractivity contribution in [2.24, 2.45) is 7.05 Å². The molecule has 0 bridgehead atoms. The van der Waals surface area contributed by atoms with E-state index in [0.29, 0.717) is 6.20 Å². The average molecular weight is 377 g/mol. The number of imidazole rings is 1. The van der Waals surface area contributed by atoms with Gasteiger partial charge in [-0.05, 0) is 6.07 Å². The molecule has 0 saturated heterocycles. The first-order valence-corrected chi connectivity index (χ1v) is 6.96. The topological polar surface area (TPSA) is 65.7 Å². The molecule has 0 unspecified atom stereocenters. The summed E-state index contributed by atoms with van der Waals surface area (Å²) in [5.41, 5.74) is -1.07. The molecule has 0 aliphatic heterocycles. The Balaban J connectivity index is 2.07. The minimum absolute atomic E-state index is 0.00796. The molecule has 0 spiro atoms. The molecule has 26 heavy (non-hydrogen) atoms. The lowest BCUT2D eigenvalue weighted by Crippen LogP contribution is -2.19. The molecule has 0 fully saturated rings. The van der Waals surface area contributed by atoms with E-state index in [0.717, 1.165) is 18.6 Å². The molecule has 138 valence electrons. The number of halogens is 6. The van der Waals surface area contributed by atoms with Gasteiger partial charge in [-0.2, -0.15) is 26.3 Å². The van der Waals surface area contributed by atoms with Gasteiger partial charge >= 0.3 is 12.4 Å². The number of fused-ring (bicyclic) bond motifs is 1. The van der Waals surface area contributed by atoms with Crippen molar-refractivity contribution in [3.63, 3.8) is 0 Å². The fourth-order valence-electron chi connectivity index (χ4n) is 2.19. The molecular weight excluding hydrogens is 368 g/mol. The molecule has 0 atom stereocenters. The lowest BCUT2D eigenvalue weighted by atomic mass is 10.2. The Morgan fingerprint density at radius 1 is 1.08 bits per heavy atom. The lowest BCUT2D eigenvalue weighted by Gasteiger charge is -2.11. The second-order valence-corrected chi connectivity index (χ2v) is 5.20. The highest BCUT2D eigenvalue weighted by Gasteiger charge is 2.32. The molecule has 0 aliphatic rings. The Labute approximate surface area is 141 Å². The van der Waals surface area contributed by atoms with E-state index in [1.165, 1.54) is 11.6 Å². The molecule has 0 amide bonds. The first kappa shape index (κ1) is 17.9. The summed E-state index contributed by atoms with van der Waals surface area (Å²) in [6, 6.07) is 0.795. The number of rotatable bonds is 3. The van der Waals surface area contributed by atoms with E-state index in [4.69, 9.17) is 0 Å². The Morgan fingerprint density at radius 2 is 1.81 bits per heavy atom. The standard InChI is InChI=1S/C14H9F6N5O/c1-25-11-8(2-7(3-22-11)14(18,19)20)24-12(25)10-9(4-21-6-23-10)26-5-13(15,16)17/h2-4,6H,5H2,1H3. The van der Waals surface area contributed by atoms with Gasteiger partial charge in [-0.25, -0.2) is 19.9 Å². The number of ether oxygens (including phenoxy) is 1. The van der Waals surface area contributed by atoms with Crippen LogP contribution < -0.4 is 4.74 Å². The summed E-state index contributed by atoms with van der Waals surface area (Å²) in [6.07, 6.45) is -6.46. The quantitative estimate of drug-likeness (QED) is 0.655. The van der Waals surface area contributed by atoms with E-state index in [-0.39, 0.29) is 28.4 Å². The number of hydrogen-bond donors (Lipinski definition) is 0. The van der Waals surface area contributed by atoms with Crippen LogP contribution in [0.1, 0.15) is 5.56 Å². The largest absolute Gasteiger partial charge is 0.480 e. The van der Waals surface area contributed by atoms with Crippen molar-refractivity contribution >= 4 is 11.2 Å². The van der Waals surface area contributed by atoms with E-state index >= 15 is 0 Å². The molecular formula is C14H9F6N5O. The smallest absolute Gasteiger partial charge is 0.422 e. The highest BCUT2D eigenvalue weighted by atomic mass is 19.4. The van der Waals surface area contributed by atoms with Crippen LogP contribution in [-0.4, -0.2) is 37.3 Å². The fourth-order valence-corrected chi connectivity index (χ4v) is 2.19. The SMILES string of the molecule is Cn1c(-c2ncncc2OCC(F)(F)F)nc2cc(C(F)(F)F)cnc21. The van der Waals surface area contributed by atoms with Gasteiger partial charge in [0.1, 0.15) is 11.8 Å². The van der Waals surface area contributed by atoms with Crippen molar-refractivity contribution < 1.29 is 31.1 Å². The van der Waals surface area contributed by atoms with E-state index < -0.39 is 24.5 Å². The van der Waals surface area contributed by atoms with Gasteiger partial charge in [-0.1, -0.05) is 0 Å². The predicted octanol–water partition coefficient (Wildman–Crippen LogP) is 3.39. The average Bonchev–Trinajstić information content (AvgIpc) is 2.88. The summed E-state index contributed by atoms with van der Waals surface area (Å²) in [4.78, 5) is 15.2. The van der Waals surface area contributed by atoms with E-state index in [9.17, 15) is 26.3 Å². The third-order valence-corrected chi connectivity index (χ3v) is 3.32. The summed E-state index contributed by atoms with van der Waals surface area (Å²) in [5, 5.41) is 0. The summed E-state index contributed by atoms with van der Waals surface area (Å²) in [7, 11) is 1.45. The predicted molar refractivity (Wildman–Crippen MR) is 76.1 cm³/mol. The van der Waals surface area contributed by atoms with Gasteiger partial charge in [0.05, 0.1) is 11.8 Å². The third-order valence-electron chi connectivity index (χ3n) is 3.32. The molecule has 3 aromatic rings. The maximum Gasteiger partial charge on any atom is 0.422 e. The molecule has 0 N–H and O–H groups in total. The van der Waals surface area contributed by atoms with Crippen molar-refractivity contribution in [1.29, 1.82) is 0 Å². The van der Waals surface area contributed by atoms with Crippen LogP contribution in [0.15, 0.2) is 24.8 Å². The molecule has 6 nitrogen and oxygen atoms in total. The fraction of sp³-hybridized carbons (Fsp3) is 0.286. The zero-order valence-electron chi connectivity index (χ0n) is 12.9. The second kappa shape index (κ2) is 6.11. The van der Waals surface area contributed by atoms with Crippen molar-refractivity contribution in [3.8, 4) is 17.3 Å². The van der Waals surface area contributed by atoms with Crippen molar-refractivity contribution in [2.45, 2.75) is 12.4 Å². The van der Waals surface area contributed by atoms with Crippen LogP contribution in [0.3, 0.4) is 0 Å². The molecule has 3 heterocycles. The van der Waals surface area contributed by atoms with Crippen LogP contribution in [0.25, 0.3) is 22.7 Å². The minimum atomic E-state index is -4.60. The van der Waals surface area contributed by atoms with Crippen molar-refractivity contribution in [2.75, 3.05) is 6.61 Å². The number of nitrogens with zero attached hydrogens (tertiary/aromatic N) is 5. The molecule has 3 rings (SSSR count). The zero-order valence-corrected chi connectivity index (χ0v) is 12.9. The van der Waals surface area contributed by atoms with Gasteiger partial charge in [-0.3, -0.25) is 0 Å². The highest BCUT2D eigenvalue weighted by molar-refractivity contribution is 5.78. The van der Waals surface area contributed by atoms with Crippen molar-refractivity contribution in [3.05, 3.63) is 30.4 Å². The summed E-state index contributed by atoms with van der Waals surface area (Å²) < 4.78 is 81.5. The molecule has 0 aromatic carbocycles. The molecule has 0 saturated carbocycles. The Kier molecular flexibility index (Phi) is 4.20. The van der Waals surface area contributed by atoms with Gasteiger partial charge in [0.15, 0.2) is 29.5 Å². The van der Waals surface area contributed by atoms with Gasteiger partial charge in [0, 0.05) is 13.2 Å². The molecule has 0 aliphatic carbocycles. The second-order valence-electron chi connectivity index (χ2n) is 5.20. The van der Waals surface area contributed by atoms with Crippen LogP contribution in [0.4, 0.5) is 26.3 Å². The summed E-state index contributed by atoms with van der Waals surface area (Å²) in [6.45, 7) is -1.58.